The molecule has 150 valence electrons. The lowest BCUT2D eigenvalue weighted by Crippen LogP contribution is -2.13. The molecule has 4 rings (SSSR count). The number of nitrogens with one attached hydrogen (secondary N) is 1. The van der Waals surface area contributed by atoms with Gasteiger partial charge in [-0.2, -0.15) is 5.10 Å². The third-order valence-electron chi connectivity index (χ3n) is 4.52. The van der Waals surface area contributed by atoms with Gasteiger partial charge >= 0.3 is 0 Å². The van der Waals surface area contributed by atoms with E-state index in [-0.39, 0.29) is 17.1 Å². The molecule has 0 saturated heterocycles. The van der Waals surface area contributed by atoms with Crippen molar-refractivity contribution >= 4 is 11.6 Å². The highest BCUT2D eigenvalue weighted by molar-refractivity contribution is 6.08. The van der Waals surface area contributed by atoms with Crippen molar-refractivity contribution in [3.63, 3.8) is 0 Å². The second-order valence-corrected chi connectivity index (χ2v) is 6.48. The third-order valence-corrected chi connectivity index (χ3v) is 4.52. The largest absolute Gasteiger partial charge is 0.497 e. The summed E-state index contributed by atoms with van der Waals surface area (Å²) < 4.78 is 34.1. The van der Waals surface area contributed by atoms with Crippen LogP contribution in [0.2, 0.25) is 0 Å². The van der Waals surface area contributed by atoms with Gasteiger partial charge in [0.15, 0.2) is 0 Å². The molecule has 0 bridgehead atoms. The lowest BCUT2D eigenvalue weighted by atomic mass is 10.1. The molecule has 0 fully saturated rings. The van der Waals surface area contributed by atoms with Gasteiger partial charge in [0.25, 0.3) is 5.91 Å². The quantitative estimate of drug-likeness (QED) is 0.504. The molecule has 0 aliphatic rings. The molecule has 30 heavy (non-hydrogen) atoms. The zero-order valence-electron chi connectivity index (χ0n) is 16.0. The Morgan fingerprint density at radius 1 is 1.00 bits per heavy atom. The van der Waals surface area contributed by atoms with Gasteiger partial charge in [0.1, 0.15) is 23.1 Å². The van der Waals surface area contributed by atoms with Crippen LogP contribution in [0.4, 0.5) is 14.5 Å². The van der Waals surface area contributed by atoms with Crippen LogP contribution in [-0.2, 0) is 0 Å². The summed E-state index contributed by atoms with van der Waals surface area (Å²) in [7, 11) is 1.54. The molecule has 4 aromatic rings. The molecule has 1 N–H and O–H groups in total. The minimum atomic E-state index is -0.542. The van der Waals surface area contributed by atoms with E-state index in [4.69, 9.17) is 4.74 Å². The predicted octanol–water partition coefficient (Wildman–Crippen LogP) is 5.08. The molecule has 0 aliphatic carbocycles. The Morgan fingerprint density at radius 2 is 1.77 bits per heavy atom. The van der Waals surface area contributed by atoms with Gasteiger partial charge in [-0.05, 0) is 48.5 Å². The number of carbonyl (C=O) groups excluding carboxylic acids is 1. The average molecular weight is 405 g/mol. The summed E-state index contributed by atoms with van der Waals surface area (Å²) in [6.07, 6.45) is 1.53. The number of hydrogen-bond donors (Lipinski definition) is 1. The van der Waals surface area contributed by atoms with Crippen LogP contribution in [0.15, 0.2) is 79.0 Å². The van der Waals surface area contributed by atoms with Crippen LogP contribution >= 0.6 is 0 Å². The molecule has 0 saturated carbocycles. The van der Waals surface area contributed by atoms with E-state index in [2.05, 4.69) is 10.4 Å². The lowest BCUT2D eigenvalue weighted by Gasteiger charge is -2.07. The molecule has 0 unspecified atom stereocenters. The summed E-state index contributed by atoms with van der Waals surface area (Å²) in [5, 5.41) is 7.11. The van der Waals surface area contributed by atoms with Crippen molar-refractivity contribution in [2.24, 2.45) is 0 Å². The Labute approximate surface area is 171 Å². The number of methoxy groups -OCH3 is 1. The molecule has 5 nitrogen and oxygen atoms in total. The molecule has 0 spiro atoms. The molecular weight excluding hydrogens is 388 g/mol. The van der Waals surface area contributed by atoms with Crippen molar-refractivity contribution in [1.82, 2.24) is 9.78 Å². The van der Waals surface area contributed by atoms with Gasteiger partial charge in [-0.3, -0.25) is 4.79 Å². The van der Waals surface area contributed by atoms with E-state index >= 15 is 0 Å². The number of nitrogens with zero attached hydrogens (tertiary/aromatic N) is 2. The normalized spacial score (nSPS) is 10.6. The Kier molecular flexibility index (Phi) is 5.26. The van der Waals surface area contributed by atoms with Crippen LogP contribution in [-0.4, -0.2) is 22.8 Å². The average Bonchev–Trinajstić information content (AvgIpc) is 3.21. The highest BCUT2D eigenvalue weighted by Crippen LogP contribution is 2.28. The molecule has 0 atom stereocenters. The molecule has 1 heterocycles. The number of ether oxygens (including phenoxy) is 1. The van der Waals surface area contributed by atoms with Crippen molar-refractivity contribution in [3.8, 4) is 22.7 Å². The van der Waals surface area contributed by atoms with E-state index < -0.39 is 11.7 Å². The van der Waals surface area contributed by atoms with Crippen molar-refractivity contribution in [3.05, 3.63) is 96.2 Å². The van der Waals surface area contributed by atoms with Crippen LogP contribution in [0.5, 0.6) is 5.75 Å². The first-order valence-corrected chi connectivity index (χ1v) is 9.11. The zero-order chi connectivity index (χ0) is 21.1. The van der Waals surface area contributed by atoms with Crippen LogP contribution in [0, 0.1) is 11.6 Å². The van der Waals surface area contributed by atoms with Crippen LogP contribution in [0.3, 0.4) is 0 Å². The first-order chi connectivity index (χ1) is 14.5. The SMILES string of the molecule is COc1cccc(-c2nn(-c3ccc(F)cc3)cc2C(=O)Nc2ccccc2F)c1. The van der Waals surface area contributed by atoms with Gasteiger partial charge in [0.05, 0.1) is 24.0 Å². The lowest BCUT2D eigenvalue weighted by molar-refractivity contribution is 0.102. The number of carbonyl (C=O) groups is 1. The van der Waals surface area contributed by atoms with E-state index in [0.717, 1.165) is 0 Å². The topological polar surface area (TPSA) is 56.2 Å². The fourth-order valence-corrected chi connectivity index (χ4v) is 3.00. The number of para-hydroxylation sites is 1. The van der Waals surface area contributed by atoms with Crippen molar-refractivity contribution < 1.29 is 18.3 Å². The smallest absolute Gasteiger partial charge is 0.259 e. The Morgan fingerprint density at radius 3 is 2.50 bits per heavy atom. The minimum absolute atomic E-state index is 0.0635. The van der Waals surface area contributed by atoms with Crippen molar-refractivity contribution in [2.75, 3.05) is 12.4 Å². The molecular formula is C23H17F2N3O2. The maximum Gasteiger partial charge on any atom is 0.259 e. The molecule has 0 aliphatic heterocycles. The number of rotatable bonds is 5. The van der Waals surface area contributed by atoms with E-state index in [9.17, 15) is 13.6 Å². The van der Waals surface area contributed by atoms with Crippen LogP contribution in [0.1, 0.15) is 10.4 Å². The number of aromatic nitrogens is 2. The van der Waals surface area contributed by atoms with Crippen LogP contribution in [0.25, 0.3) is 16.9 Å². The summed E-state index contributed by atoms with van der Waals surface area (Å²) in [6.45, 7) is 0. The maximum absolute atomic E-state index is 14.0. The molecule has 1 amide bonds. The highest BCUT2D eigenvalue weighted by Gasteiger charge is 2.20. The highest BCUT2D eigenvalue weighted by atomic mass is 19.1. The second-order valence-electron chi connectivity index (χ2n) is 6.48. The standard InChI is InChI=1S/C23H17F2N3O2/c1-30-18-6-4-5-15(13-18)22-19(23(29)26-21-8-3-2-7-20(21)25)14-28(27-22)17-11-9-16(24)10-12-17/h2-14H,1H3,(H,26,29). The fraction of sp³-hybridized carbons (Fsp3) is 0.0435. The van der Waals surface area contributed by atoms with Crippen molar-refractivity contribution in [2.45, 2.75) is 0 Å². The zero-order valence-corrected chi connectivity index (χ0v) is 16.0. The number of benzene rings is 3. The van der Waals surface area contributed by atoms with Gasteiger partial charge < -0.3 is 10.1 Å². The van der Waals surface area contributed by atoms with E-state index in [0.29, 0.717) is 22.7 Å². The van der Waals surface area contributed by atoms with Gasteiger partial charge in [0, 0.05) is 11.8 Å². The first-order valence-electron chi connectivity index (χ1n) is 9.11. The third kappa shape index (κ3) is 3.91. The summed E-state index contributed by atoms with van der Waals surface area (Å²) in [6, 6.07) is 18.7. The molecule has 0 radical (unpaired) electrons. The van der Waals surface area contributed by atoms with E-state index in [1.165, 1.54) is 35.1 Å². The first kappa shape index (κ1) is 19.3. The molecule has 3 aromatic carbocycles. The minimum Gasteiger partial charge on any atom is -0.497 e. The number of hydrogen-bond acceptors (Lipinski definition) is 3. The van der Waals surface area contributed by atoms with Crippen molar-refractivity contribution in [1.29, 1.82) is 0 Å². The summed E-state index contributed by atoms with van der Waals surface area (Å²) in [4.78, 5) is 13.0. The van der Waals surface area contributed by atoms with E-state index in [1.807, 2.05) is 0 Å². The van der Waals surface area contributed by atoms with Gasteiger partial charge in [-0.15, -0.1) is 0 Å². The number of amides is 1. The van der Waals surface area contributed by atoms with E-state index in [1.54, 1.807) is 55.6 Å². The summed E-state index contributed by atoms with van der Waals surface area (Å²) >= 11 is 0. The predicted molar refractivity (Wildman–Crippen MR) is 110 cm³/mol. The monoisotopic (exact) mass is 405 g/mol. The second kappa shape index (κ2) is 8.16. The van der Waals surface area contributed by atoms with Gasteiger partial charge in [-0.1, -0.05) is 24.3 Å². The van der Waals surface area contributed by atoms with Gasteiger partial charge in [0.2, 0.25) is 0 Å². The molecule has 7 heteroatoms. The van der Waals surface area contributed by atoms with Crippen LogP contribution < -0.4 is 10.1 Å². The summed E-state index contributed by atoms with van der Waals surface area (Å²) in [5.74, 6) is -0.841. The Balaban J connectivity index is 1.79. The number of halogens is 2. The number of anilines is 1. The maximum atomic E-state index is 14.0. The fourth-order valence-electron chi connectivity index (χ4n) is 3.00. The molecule has 1 aromatic heterocycles. The Hall–Kier alpha value is -4.00. The van der Waals surface area contributed by atoms with Gasteiger partial charge in [-0.25, -0.2) is 13.5 Å². The summed E-state index contributed by atoms with van der Waals surface area (Å²) in [5.41, 5.74) is 1.90. The Bertz CT molecular complexity index is 1200.